The third kappa shape index (κ3) is 2.13. The molecule has 1 aromatic heterocycles. The van der Waals surface area contributed by atoms with E-state index in [1.165, 1.54) is 16.8 Å². The Labute approximate surface area is 109 Å². The first-order chi connectivity index (χ1) is 9.15. The maximum absolute atomic E-state index is 11.7. The molecule has 1 aliphatic rings. The molecule has 0 aliphatic heterocycles. The highest BCUT2D eigenvalue weighted by Crippen LogP contribution is 2.40. The highest BCUT2D eigenvalue weighted by atomic mass is 16.3. The van der Waals surface area contributed by atoms with Crippen molar-refractivity contribution >= 4 is 0 Å². The van der Waals surface area contributed by atoms with Crippen LogP contribution in [0.1, 0.15) is 29.6 Å². The van der Waals surface area contributed by atoms with E-state index in [0.29, 0.717) is 13.0 Å². The van der Waals surface area contributed by atoms with Gasteiger partial charge < -0.3 is 5.11 Å². The van der Waals surface area contributed by atoms with Crippen molar-refractivity contribution < 1.29 is 5.11 Å². The van der Waals surface area contributed by atoms with E-state index >= 15 is 0 Å². The van der Waals surface area contributed by atoms with Gasteiger partial charge in [-0.1, -0.05) is 24.3 Å². The fraction of sp³-hybridized carbons (Fsp3) is 0.286. The molecule has 0 saturated carbocycles. The van der Waals surface area contributed by atoms with Crippen LogP contribution < -0.4 is 11.2 Å². The lowest BCUT2D eigenvalue weighted by Gasteiger charge is -2.12. The summed E-state index contributed by atoms with van der Waals surface area (Å²) in [7, 11) is 0. The van der Waals surface area contributed by atoms with E-state index < -0.39 is 17.4 Å². The molecule has 2 N–H and O–H groups in total. The van der Waals surface area contributed by atoms with Crippen molar-refractivity contribution in [3.05, 3.63) is 68.5 Å². The standard InChI is InChI=1S/C14H14N2O3/c17-12-7-9(10-3-1-2-4-11(10)12)8-16-6-5-13(18)15-14(16)19/h1-6,9,12,17H,7-8H2,(H,15,18,19)/t9-,12-/m0/s1. The maximum atomic E-state index is 11.7. The predicted octanol–water partition coefficient (Wildman–Crippen LogP) is 0.757. The van der Waals surface area contributed by atoms with Gasteiger partial charge in [0.25, 0.3) is 5.56 Å². The van der Waals surface area contributed by atoms with Crippen LogP contribution in [0.25, 0.3) is 0 Å². The predicted molar refractivity (Wildman–Crippen MR) is 70.1 cm³/mol. The number of nitrogens with zero attached hydrogens (tertiary/aromatic N) is 1. The van der Waals surface area contributed by atoms with E-state index in [0.717, 1.165) is 11.1 Å². The Bertz CT molecular complexity index is 717. The van der Waals surface area contributed by atoms with Crippen molar-refractivity contribution in [2.24, 2.45) is 0 Å². The number of aliphatic hydroxyl groups is 1. The first-order valence-electron chi connectivity index (χ1n) is 6.22. The summed E-state index contributed by atoms with van der Waals surface area (Å²) in [6.45, 7) is 0.462. The van der Waals surface area contributed by atoms with Crippen LogP contribution in [0.4, 0.5) is 0 Å². The quantitative estimate of drug-likeness (QED) is 0.835. The van der Waals surface area contributed by atoms with Gasteiger partial charge in [-0.05, 0) is 17.5 Å². The molecule has 98 valence electrons. The molecule has 0 spiro atoms. The molecule has 2 atom stereocenters. The third-order valence-corrected chi connectivity index (χ3v) is 3.62. The van der Waals surface area contributed by atoms with E-state index in [2.05, 4.69) is 4.98 Å². The minimum Gasteiger partial charge on any atom is -0.388 e. The Morgan fingerprint density at radius 1 is 1.21 bits per heavy atom. The molecule has 0 radical (unpaired) electrons. The van der Waals surface area contributed by atoms with Crippen LogP contribution >= 0.6 is 0 Å². The third-order valence-electron chi connectivity index (χ3n) is 3.62. The molecule has 3 rings (SSSR count). The van der Waals surface area contributed by atoms with Gasteiger partial charge in [0.15, 0.2) is 0 Å². The molecule has 1 aliphatic carbocycles. The average Bonchev–Trinajstić information content (AvgIpc) is 2.71. The summed E-state index contributed by atoms with van der Waals surface area (Å²) in [5.41, 5.74) is 1.21. The fourth-order valence-corrected chi connectivity index (χ4v) is 2.71. The smallest absolute Gasteiger partial charge is 0.328 e. The van der Waals surface area contributed by atoms with Crippen molar-refractivity contribution in [2.75, 3.05) is 0 Å². The van der Waals surface area contributed by atoms with Crippen molar-refractivity contribution in [1.82, 2.24) is 9.55 Å². The Balaban J connectivity index is 1.93. The lowest BCUT2D eigenvalue weighted by atomic mass is 10.0. The molecular weight excluding hydrogens is 244 g/mol. The zero-order chi connectivity index (χ0) is 13.4. The van der Waals surface area contributed by atoms with Gasteiger partial charge in [0.05, 0.1) is 6.10 Å². The van der Waals surface area contributed by atoms with Crippen molar-refractivity contribution in [2.45, 2.75) is 25.0 Å². The second-order valence-corrected chi connectivity index (χ2v) is 4.84. The molecule has 0 bridgehead atoms. The number of aromatic nitrogens is 2. The Morgan fingerprint density at radius 2 is 1.95 bits per heavy atom. The number of rotatable bonds is 2. The van der Waals surface area contributed by atoms with Crippen LogP contribution in [0, 0.1) is 0 Å². The van der Waals surface area contributed by atoms with Crippen LogP contribution in [-0.4, -0.2) is 14.7 Å². The summed E-state index contributed by atoms with van der Waals surface area (Å²) in [6.07, 6.45) is 1.62. The summed E-state index contributed by atoms with van der Waals surface area (Å²) in [4.78, 5) is 24.9. The van der Waals surface area contributed by atoms with Crippen LogP contribution in [0.3, 0.4) is 0 Å². The number of aliphatic hydroxyl groups excluding tert-OH is 1. The first kappa shape index (κ1) is 11.9. The van der Waals surface area contributed by atoms with Crippen LogP contribution in [0.5, 0.6) is 0 Å². The number of benzene rings is 1. The average molecular weight is 258 g/mol. The van der Waals surface area contributed by atoms with Crippen molar-refractivity contribution in [3.8, 4) is 0 Å². The van der Waals surface area contributed by atoms with E-state index in [1.54, 1.807) is 0 Å². The lowest BCUT2D eigenvalue weighted by Crippen LogP contribution is -2.30. The topological polar surface area (TPSA) is 75.1 Å². The number of H-pyrrole nitrogens is 1. The SMILES string of the molecule is O=c1ccn(C[C@@H]2C[C@H](O)c3ccccc32)c(=O)[nH]1. The van der Waals surface area contributed by atoms with Gasteiger partial charge in [-0.3, -0.25) is 14.3 Å². The minimum absolute atomic E-state index is 0.0924. The van der Waals surface area contributed by atoms with Gasteiger partial charge in [0.1, 0.15) is 0 Å². The highest BCUT2D eigenvalue weighted by Gasteiger charge is 2.29. The van der Waals surface area contributed by atoms with Gasteiger partial charge in [0, 0.05) is 24.7 Å². The van der Waals surface area contributed by atoms with E-state index in [1.807, 2.05) is 24.3 Å². The Kier molecular flexibility index (Phi) is 2.83. The lowest BCUT2D eigenvalue weighted by molar-refractivity contribution is 0.170. The second-order valence-electron chi connectivity index (χ2n) is 4.84. The fourth-order valence-electron chi connectivity index (χ4n) is 2.71. The Morgan fingerprint density at radius 3 is 2.68 bits per heavy atom. The molecule has 0 saturated heterocycles. The number of fused-ring (bicyclic) bond motifs is 1. The van der Waals surface area contributed by atoms with Gasteiger partial charge in [-0.25, -0.2) is 4.79 Å². The van der Waals surface area contributed by atoms with E-state index in [9.17, 15) is 14.7 Å². The zero-order valence-electron chi connectivity index (χ0n) is 10.2. The molecule has 5 heteroatoms. The second kappa shape index (κ2) is 4.51. The monoisotopic (exact) mass is 258 g/mol. The molecule has 5 nitrogen and oxygen atoms in total. The molecule has 1 aromatic carbocycles. The normalized spacial score (nSPS) is 21.3. The zero-order valence-corrected chi connectivity index (χ0v) is 10.2. The number of nitrogens with one attached hydrogen (secondary N) is 1. The van der Waals surface area contributed by atoms with E-state index in [-0.39, 0.29) is 5.92 Å². The molecular formula is C14H14N2O3. The molecule has 19 heavy (non-hydrogen) atoms. The largest absolute Gasteiger partial charge is 0.388 e. The molecule has 0 fully saturated rings. The number of hydrogen-bond donors (Lipinski definition) is 2. The van der Waals surface area contributed by atoms with Gasteiger partial charge >= 0.3 is 5.69 Å². The van der Waals surface area contributed by atoms with Crippen LogP contribution in [-0.2, 0) is 6.54 Å². The summed E-state index contributed by atoms with van der Waals surface area (Å²) in [6, 6.07) is 9.05. The molecule has 2 aromatic rings. The molecule has 0 amide bonds. The van der Waals surface area contributed by atoms with Gasteiger partial charge in [-0.2, -0.15) is 0 Å². The summed E-state index contributed by atoms with van der Waals surface area (Å²) in [5.74, 6) is 0.0924. The maximum Gasteiger partial charge on any atom is 0.328 e. The first-order valence-corrected chi connectivity index (χ1v) is 6.22. The minimum atomic E-state index is -0.473. The molecule has 1 heterocycles. The summed E-state index contributed by atoms with van der Waals surface area (Å²) >= 11 is 0. The van der Waals surface area contributed by atoms with Gasteiger partial charge in [0.2, 0.25) is 0 Å². The Hall–Kier alpha value is -2.14. The van der Waals surface area contributed by atoms with E-state index in [4.69, 9.17) is 0 Å². The van der Waals surface area contributed by atoms with Crippen LogP contribution in [0.2, 0.25) is 0 Å². The summed E-state index contributed by atoms with van der Waals surface area (Å²) < 4.78 is 1.47. The number of hydrogen-bond acceptors (Lipinski definition) is 3. The number of aromatic amines is 1. The molecule has 0 unspecified atom stereocenters. The van der Waals surface area contributed by atoms with Crippen molar-refractivity contribution in [1.29, 1.82) is 0 Å². The van der Waals surface area contributed by atoms with Crippen molar-refractivity contribution in [3.63, 3.8) is 0 Å². The highest BCUT2D eigenvalue weighted by molar-refractivity contribution is 5.36. The summed E-state index contributed by atoms with van der Waals surface area (Å²) in [5, 5.41) is 10.00. The van der Waals surface area contributed by atoms with Crippen LogP contribution in [0.15, 0.2) is 46.1 Å². The van der Waals surface area contributed by atoms with Gasteiger partial charge in [-0.15, -0.1) is 0 Å².